The van der Waals surface area contributed by atoms with E-state index in [4.69, 9.17) is 30.5 Å². The molecule has 0 bridgehead atoms. The molecule has 0 spiro atoms. The molecule has 1 saturated heterocycles. The zero-order chi connectivity index (χ0) is 26.1. The van der Waals surface area contributed by atoms with Gasteiger partial charge in [-0.25, -0.2) is 4.79 Å². The highest BCUT2D eigenvalue weighted by atomic mass is 127. The van der Waals surface area contributed by atoms with Crippen molar-refractivity contribution in [3.8, 4) is 23.0 Å². The first-order chi connectivity index (χ1) is 17.8. The summed E-state index contributed by atoms with van der Waals surface area (Å²) in [7, 11) is 1.45. The predicted octanol–water partition coefficient (Wildman–Crippen LogP) is 6.14. The lowest BCUT2D eigenvalue weighted by molar-refractivity contribution is -0.123. The Kier molecular flexibility index (Phi) is 7.31. The van der Waals surface area contributed by atoms with Crippen LogP contribution in [0.3, 0.4) is 0 Å². The summed E-state index contributed by atoms with van der Waals surface area (Å²) in [6.07, 6.45) is 1.58. The fourth-order valence-electron chi connectivity index (χ4n) is 3.68. The number of halogens is 2. The van der Waals surface area contributed by atoms with Crippen LogP contribution in [0.2, 0.25) is 5.02 Å². The van der Waals surface area contributed by atoms with E-state index in [1.807, 2.05) is 12.1 Å². The Morgan fingerprint density at radius 1 is 1.11 bits per heavy atom. The quantitative estimate of drug-likeness (QED) is 0.136. The van der Waals surface area contributed by atoms with Crippen molar-refractivity contribution in [3.05, 3.63) is 84.8 Å². The molecule has 2 aliphatic rings. The monoisotopic (exact) mass is 649 g/mol. The maximum Gasteiger partial charge on any atom is 0.344 e. The summed E-state index contributed by atoms with van der Waals surface area (Å²) < 4.78 is 22.4. The Morgan fingerprint density at radius 3 is 2.62 bits per heavy atom. The highest BCUT2D eigenvalue weighted by Gasteiger charge is 2.36. The number of amides is 2. The van der Waals surface area contributed by atoms with Gasteiger partial charge in [0, 0.05) is 14.7 Å². The van der Waals surface area contributed by atoms with Crippen LogP contribution < -0.4 is 18.9 Å². The smallest absolute Gasteiger partial charge is 0.344 e. The molecule has 0 N–H and O–H groups in total. The molecule has 0 saturated carbocycles. The number of benzene rings is 3. The number of rotatable bonds is 6. The van der Waals surface area contributed by atoms with Gasteiger partial charge in [-0.05, 0) is 81.9 Å². The number of esters is 1. The van der Waals surface area contributed by atoms with Crippen LogP contribution in [0.15, 0.2) is 59.5 Å². The normalized spacial score (nSPS) is 15.4. The molecule has 5 rings (SSSR count). The van der Waals surface area contributed by atoms with Gasteiger partial charge in [0.05, 0.1) is 24.1 Å². The second-order valence-electron chi connectivity index (χ2n) is 7.84. The number of methoxy groups -OCH3 is 1. The number of nitrogens with zero attached hydrogens (tertiary/aromatic N) is 1. The number of fused-ring (bicyclic) bond motifs is 1. The van der Waals surface area contributed by atoms with E-state index < -0.39 is 17.1 Å². The van der Waals surface area contributed by atoms with E-state index in [9.17, 15) is 14.4 Å². The van der Waals surface area contributed by atoms with Crippen molar-refractivity contribution in [3.63, 3.8) is 0 Å². The van der Waals surface area contributed by atoms with E-state index in [-0.39, 0.29) is 24.0 Å². The molecule has 1 fully saturated rings. The lowest BCUT2D eigenvalue weighted by Crippen LogP contribution is -2.27. The summed E-state index contributed by atoms with van der Waals surface area (Å²) in [5, 5.41) is -0.0488. The van der Waals surface area contributed by atoms with Crippen molar-refractivity contribution in [2.24, 2.45) is 0 Å². The summed E-state index contributed by atoms with van der Waals surface area (Å²) in [4.78, 5) is 39.7. The highest BCUT2D eigenvalue weighted by Crippen LogP contribution is 2.40. The molecule has 8 nitrogen and oxygen atoms in total. The largest absolute Gasteiger partial charge is 0.493 e. The average molecular weight is 650 g/mol. The van der Waals surface area contributed by atoms with Crippen molar-refractivity contribution >= 4 is 69.1 Å². The zero-order valence-electron chi connectivity index (χ0n) is 19.2. The Labute approximate surface area is 234 Å². The number of hydrogen-bond acceptors (Lipinski definition) is 8. The van der Waals surface area contributed by atoms with E-state index in [2.05, 4.69) is 22.6 Å². The number of ether oxygens (including phenoxy) is 4. The van der Waals surface area contributed by atoms with Gasteiger partial charge in [-0.1, -0.05) is 29.8 Å². The van der Waals surface area contributed by atoms with Gasteiger partial charge in [0.15, 0.2) is 23.0 Å². The topological polar surface area (TPSA) is 91.4 Å². The molecular formula is C26H17ClINO7S. The third-order valence-electron chi connectivity index (χ3n) is 5.53. The summed E-state index contributed by atoms with van der Waals surface area (Å²) in [6.45, 7) is 0.0837. The van der Waals surface area contributed by atoms with Crippen LogP contribution in [0.4, 0.5) is 4.79 Å². The van der Waals surface area contributed by atoms with Crippen LogP contribution in [0.25, 0.3) is 6.08 Å². The Balaban J connectivity index is 1.34. The van der Waals surface area contributed by atoms with Crippen LogP contribution >= 0.6 is 46.0 Å². The maximum atomic E-state index is 13.0. The van der Waals surface area contributed by atoms with Crippen molar-refractivity contribution in [1.29, 1.82) is 0 Å². The molecule has 0 aliphatic carbocycles. The second-order valence-corrected chi connectivity index (χ2v) is 10.4. The summed E-state index contributed by atoms with van der Waals surface area (Å²) in [5.41, 5.74) is 1.60. The predicted molar refractivity (Wildman–Crippen MR) is 146 cm³/mol. The first-order valence-corrected chi connectivity index (χ1v) is 13.1. The van der Waals surface area contributed by atoms with E-state index in [1.165, 1.54) is 7.11 Å². The molecule has 3 aromatic rings. The minimum Gasteiger partial charge on any atom is -0.493 e. The van der Waals surface area contributed by atoms with Crippen LogP contribution in [0, 0.1) is 3.57 Å². The second kappa shape index (κ2) is 10.6. The molecule has 0 unspecified atom stereocenters. The SMILES string of the molecule is COc1cc(/C=C2\SC(=O)N(Cc3cc4c(cc3Cl)OCO4)C2=O)ccc1OC(=O)c1ccccc1I. The lowest BCUT2D eigenvalue weighted by atomic mass is 10.1. The average Bonchev–Trinajstić information content (AvgIpc) is 3.44. The lowest BCUT2D eigenvalue weighted by Gasteiger charge is -2.14. The number of imide groups is 1. The molecule has 188 valence electrons. The summed E-state index contributed by atoms with van der Waals surface area (Å²) in [6, 6.07) is 15.2. The third kappa shape index (κ3) is 5.27. The standard InChI is InChI=1S/C26H17ClINO7S/c1-33-20-8-14(6-7-19(20)36-25(31)16-4-2-3-5-18(16)28)9-23-24(30)29(26(32)37-23)12-15-10-21-22(11-17(15)27)35-13-34-21/h2-11H,12-13H2,1H3/b23-9-. The van der Waals surface area contributed by atoms with Crippen molar-refractivity contribution in [1.82, 2.24) is 4.90 Å². The third-order valence-corrected chi connectivity index (χ3v) is 7.73. The number of carbonyl (C=O) groups excluding carboxylic acids is 3. The van der Waals surface area contributed by atoms with E-state index in [0.29, 0.717) is 39.0 Å². The molecule has 2 heterocycles. The minimum atomic E-state index is -0.514. The van der Waals surface area contributed by atoms with Gasteiger partial charge in [-0.3, -0.25) is 14.5 Å². The van der Waals surface area contributed by atoms with Gasteiger partial charge in [0.2, 0.25) is 6.79 Å². The Morgan fingerprint density at radius 2 is 1.86 bits per heavy atom. The molecule has 0 atom stereocenters. The zero-order valence-corrected chi connectivity index (χ0v) is 22.9. The molecule has 2 amide bonds. The Bertz CT molecular complexity index is 1480. The van der Waals surface area contributed by atoms with Crippen molar-refractivity contribution in [2.75, 3.05) is 13.9 Å². The van der Waals surface area contributed by atoms with Gasteiger partial charge in [0.1, 0.15) is 0 Å². The first-order valence-electron chi connectivity index (χ1n) is 10.8. The Hall–Kier alpha value is -3.22. The fraction of sp³-hybridized carbons (Fsp3) is 0.115. The van der Waals surface area contributed by atoms with Crippen molar-refractivity contribution in [2.45, 2.75) is 6.54 Å². The number of hydrogen-bond donors (Lipinski definition) is 0. The molecule has 3 aromatic carbocycles. The van der Waals surface area contributed by atoms with Crippen LogP contribution in [0.5, 0.6) is 23.0 Å². The maximum absolute atomic E-state index is 13.0. The molecule has 11 heteroatoms. The van der Waals surface area contributed by atoms with Gasteiger partial charge in [-0.15, -0.1) is 0 Å². The number of thioether (sulfide) groups is 1. The van der Waals surface area contributed by atoms with E-state index in [1.54, 1.807) is 48.5 Å². The van der Waals surface area contributed by atoms with Crippen LogP contribution in [-0.4, -0.2) is 35.9 Å². The van der Waals surface area contributed by atoms with Crippen LogP contribution in [0.1, 0.15) is 21.5 Å². The van der Waals surface area contributed by atoms with Crippen molar-refractivity contribution < 1.29 is 33.3 Å². The van der Waals surface area contributed by atoms with Crippen LogP contribution in [-0.2, 0) is 11.3 Å². The molecule has 0 radical (unpaired) electrons. The molecule has 2 aliphatic heterocycles. The van der Waals surface area contributed by atoms with E-state index in [0.717, 1.165) is 20.2 Å². The van der Waals surface area contributed by atoms with Gasteiger partial charge in [0.25, 0.3) is 11.1 Å². The molecule has 0 aromatic heterocycles. The van der Waals surface area contributed by atoms with Gasteiger partial charge < -0.3 is 18.9 Å². The highest BCUT2D eigenvalue weighted by molar-refractivity contribution is 14.1. The first kappa shape index (κ1) is 25.4. The molecular weight excluding hydrogens is 633 g/mol. The van der Waals surface area contributed by atoms with Gasteiger partial charge >= 0.3 is 5.97 Å². The summed E-state index contributed by atoms with van der Waals surface area (Å²) >= 11 is 9.22. The van der Waals surface area contributed by atoms with E-state index >= 15 is 0 Å². The molecule has 37 heavy (non-hydrogen) atoms. The fourth-order valence-corrected chi connectivity index (χ4v) is 5.34. The summed E-state index contributed by atoms with van der Waals surface area (Å²) in [5.74, 6) is 0.603. The minimum absolute atomic E-state index is 0.00598. The number of carbonyl (C=O) groups is 3. The van der Waals surface area contributed by atoms with Gasteiger partial charge in [-0.2, -0.15) is 0 Å².